The third-order valence-corrected chi connectivity index (χ3v) is 1.81. The van der Waals surface area contributed by atoms with Crippen molar-refractivity contribution in [3.05, 3.63) is 0 Å². The molecule has 0 aliphatic carbocycles. The van der Waals surface area contributed by atoms with Crippen LogP contribution in [0.1, 0.15) is 33.6 Å². The molecule has 0 bridgehead atoms. The molecule has 0 rings (SSSR count). The zero-order valence-electron chi connectivity index (χ0n) is 7.42. The van der Waals surface area contributed by atoms with E-state index in [-0.39, 0.29) is 11.8 Å². The molecule has 3 nitrogen and oxygen atoms in total. The van der Waals surface area contributed by atoms with Gasteiger partial charge in [0.1, 0.15) is 6.23 Å². The standard InChI is InChI=1S/C8H17NO2/c1-4-6(3)8(11)9-7(10)5-2/h6,8,11H,4-5H2,1-3H3,(H,9,10). The lowest BCUT2D eigenvalue weighted by Gasteiger charge is -2.17. The maximum absolute atomic E-state index is 10.8. The first kappa shape index (κ1) is 10.4. The number of carbonyl (C=O) groups excluding carboxylic acids is 1. The zero-order chi connectivity index (χ0) is 8.85. The number of carbonyl (C=O) groups is 1. The third kappa shape index (κ3) is 3.98. The molecule has 2 N–H and O–H groups in total. The van der Waals surface area contributed by atoms with Crippen LogP contribution in [-0.2, 0) is 4.79 Å². The maximum Gasteiger partial charge on any atom is 0.221 e. The number of hydrogen-bond acceptors (Lipinski definition) is 2. The molecule has 0 fully saturated rings. The molecular weight excluding hydrogens is 142 g/mol. The Kier molecular flexibility index (Phi) is 4.86. The Balaban J connectivity index is 3.67. The van der Waals surface area contributed by atoms with Crippen LogP contribution in [0.15, 0.2) is 0 Å². The van der Waals surface area contributed by atoms with Crippen molar-refractivity contribution in [2.45, 2.75) is 39.8 Å². The van der Waals surface area contributed by atoms with Gasteiger partial charge in [-0.15, -0.1) is 0 Å². The van der Waals surface area contributed by atoms with Gasteiger partial charge in [0, 0.05) is 12.3 Å². The van der Waals surface area contributed by atoms with E-state index in [4.69, 9.17) is 0 Å². The smallest absolute Gasteiger partial charge is 0.221 e. The topological polar surface area (TPSA) is 49.3 Å². The molecule has 0 aromatic rings. The highest BCUT2D eigenvalue weighted by Crippen LogP contribution is 2.04. The van der Waals surface area contributed by atoms with Gasteiger partial charge < -0.3 is 10.4 Å². The minimum absolute atomic E-state index is 0.0993. The van der Waals surface area contributed by atoms with Gasteiger partial charge in [0.15, 0.2) is 0 Å². The Labute approximate surface area is 67.8 Å². The van der Waals surface area contributed by atoms with Gasteiger partial charge in [-0.05, 0) is 6.42 Å². The summed E-state index contributed by atoms with van der Waals surface area (Å²) in [5.74, 6) is 0.0308. The molecule has 0 aromatic carbocycles. The molecule has 2 atom stereocenters. The number of rotatable bonds is 4. The predicted molar refractivity (Wildman–Crippen MR) is 43.9 cm³/mol. The molecule has 11 heavy (non-hydrogen) atoms. The molecule has 0 aliphatic rings. The van der Waals surface area contributed by atoms with Gasteiger partial charge >= 0.3 is 0 Å². The fourth-order valence-electron chi connectivity index (χ4n) is 0.633. The Hall–Kier alpha value is -0.570. The van der Waals surface area contributed by atoms with Crippen molar-refractivity contribution >= 4 is 5.91 Å². The van der Waals surface area contributed by atoms with E-state index in [1.165, 1.54) is 0 Å². The van der Waals surface area contributed by atoms with E-state index in [0.717, 1.165) is 6.42 Å². The van der Waals surface area contributed by atoms with Crippen LogP contribution in [0.3, 0.4) is 0 Å². The minimum Gasteiger partial charge on any atom is -0.373 e. The van der Waals surface area contributed by atoms with E-state index in [1.54, 1.807) is 6.92 Å². The second-order valence-corrected chi connectivity index (χ2v) is 2.75. The molecule has 0 saturated heterocycles. The van der Waals surface area contributed by atoms with Crippen LogP contribution in [-0.4, -0.2) is 17.2 Å². The van der Waals surface area contributed by atoms with E-state index < -0.39 is 6.23 Å². The SMILES string of the molecule is CCC(=O)NC(O)C(C)CC. The molecule has 66 valence electrons. The van der Waals surface area contributed by atoms with Crippen molar-refractivity contribution in [2.75, 3.05) is 0 Å². The molecule has 0 radical (unpaired) electrons. The minimum atomic E-state index is -0.688. The van der Waals surface area contributed by atoms with E-state index in [9.17, 15) is 9.90 Å². The summed E-state index contributed by atoms with van der Waals surface area (Å²) < 4.78 is 0. The molecule has 0 spiro atoms. The largest absolute Gasteiger partial charge is 0.373 e. The van der Waals surface area contributed by atoms with E-state index in [2.05, 4.69) is 5.32 Å². The summed E-state index contributed by atoms with van der Waals surface area (Å²) in [5, 5.41) is 11.8. The fraction of sp³-hybridized carbons (Fsp3) is 0.875. The quantitative estimate of drug-likeness (QED) is 0.598. The summed E-state index contributed by atoms with van der Waals surface area (Å²) in [6.07, 6.45) is 0.603. The lowest BCUT2D eigenvalue weighted by atomic mass is 10.1. The number of amides is 1. The first-order valence-electron chi connectivity index (χ1n) is 4.09. The first-order valence-corrected chi connectivity index (χ1v) is 4.09. The molecule has 0 aliphatic heterocycles. The van der Waals surface area contributed by atoms with Crippen molar-refractivity contribution in [3.63, 3.8) is 0 Å². The summed E-state index contributed by atoms with van der Waals surface area (Å²) in [4.78, 5) is 10.8. The molecule has 3 heteroatoms. The van der Waals surface area contributed by atoms with Gasteiger partial charge in [-0.2, -0.15) is 0 Å². The lowest BCUT2D eigenvalue weighted by Crippen LogP contribution is -2.38. The van der Waals surface area contributed by atoms with Crippen LogP contribution < -0.4 is 5.32 Å². The molecular formula is C8H17NO2. The van der Waals surface area contributed by atoms with Crippen molar-refractivity contribution in [1.29, 1.82) is 0 Å². The Morgan fingerprint density at radius 2 is 2.09 bits per heavy atom. The Morgan fingerprint density at radius 1 is 1.55 bits per heavy atom. The van der Waals surface area contributed by atoms with Crippen LogP contribution in [0.4, 0.5) is 0 Å². The summed E-state index contributed by atoms with van der Waals surface area (Å²) in [7, 11) is 0. The summed E-state index contributed by atoms with van der Waals surface area (Å²) in [5.41, 5.74) is 0. The van der Waals surface area contributed by atoms with E-state index >= 15 is 0 Å². The predicted octanol–water partition coefficient (Wildman–Crippen LogP) is 0.877. The van der Waals surface area contributed by atoms with E-state index in [0.29, 0.717) is 6.42 Å². The monoisotopic (exact) mass is 159 g/mol. The number of nitrogens with one attached hydrogen (secondary N) is 1. The summed E-state index contributed by atoms with van der Waals surface area (Å²) in [6.45, 7) is 5.64. The summed E-state index contributed by atoms with van der Waals surface area (Å²) >= 11 is 0. The van der Waals surface area contributed by atoms with E-state index in [1.807, 2.05) is 13.8 Å². The molecule has 0 saturated carbocycles. The highest BCUT2D eigenvalue weighted by molar-refractivity contribution is 5.75. The molecule has 0 heterocycles. The maximum atomic E-state index is 10.8. The van der Waals surface area contributed by atoms with Gasteiger partial charge in [0.2, 0.25) is 5.91 Å². The average molecular weight is 159 g/mol. The number of aliphatic hydroxyl groups excluding tert-OH is 1. The Morgan fingerprint density at radius 3 is 2.45 bits per heavy atom. The summed E-state index contributed by atoms with van der Waals surface area (Å²) in [6, 6.07) is 0. The van der Waals surface area contributed by atoms with Crippen LogP contribution in [0, 0.1) is 5.92 Å². The van der Waals surface area contributed by atoms with Gasteiger partial charge in [0.05, 0.1) is 0 Å². The van der Waals surface area contributed by atoms with Crippen LogP contribution in [0.5, 0.6) is 0 Å². The Bertz CT molecular complexity index is 125. The van der Waals surface area contributed by atoms with Crippen LogP contribution in [0.25, 0.3) is 0 Å². The lowest BCUT2D eigenvalue weighted by molar-refractivity contribution is -0.124. The highest BCUT2D eigenvalue weighted by atomic mass is 16.3. The van der Waals surface area contributed by atoms with Crippen LogP contribution in [0.2, 0.25) is 0 Å². The third-order valence-electron chi connectivity index (χ3n) is 1.81. The fourth-order valence-corrected chi connectivity index (χ4v) is 0.633. The molecule has 2 unspecified atom stereocenters. The number of aliphatic hydroxyl groups is 1. The molecule has 0 aromatic heterocycles. The van der Waals surface area contributed by atoms with Crippen molar-refractivity contribution in [3.8, 4) is 0 Å². The van der Waals surface area contributed by atoms with Crippen LogP contribution >= 0.6 is 0 Å². The van der Waals surface area contributed by atoms with Gasteiger partial charge in [-0.3, -0.25) is 4.79 Å². The van der Waals surface area contributed by atoms with Gasteiger partial charge in [-0.1, -0.05) is 20.8 Å². The molecule has 1 amide bonds. The zero-order valence-corrected chi connectivity index (χ0v) is 7.42. The second kappa shape index (κ2) is 5.13. The normalized spacial score (nSPS) is 15.6. The van der Waals surface area contributed by atoms with Crippen molar-refractivity contribution in [1.82, 2.24) is 5.32 Å². The van der Waals surface area contributed by atoms with Gasteiger partial charge in [0.25, 0.3) is 0 Å². The second-order valence-electron chi connectivity index (χ2n) is 2.75. The van der Waals surface area contributed by atoms with Crippen molar-refractivity contribution < 1.29 is 9.90 Å². The first-order chi connectivity index (χ1) is 5.11. The average Bonchev–Trinajstić information content (AvgIpc) is 2.02. The van der Waals surface area contributed by atoms with Crippen molar-refractivity contribution in [2.24, 2.45) is 5.92 Å². The van der Waals surface area contributed by atoms with Gasteiger partial charge in [-0.25, -0.2) is 0 Å². The number of hydrogen-bond donors (Lipinski definition) is 2. The highest BCUT2D eigenvalue weighted by Gasteiger charge is 2.12.